The molecule has 3 nitrogen and oxygen atoms in total. The SMILES string of the molecule is Cc1cc2c3c(c1)N(c1cc4c(cc1C)C(C)(C)CC4(C)C)c1cc4c(cc1B3c1cc3c(cc1N2c1ccc2oc5ccccc5c2c1)C(C)(C)CCC3(C)C)C(C)(C)CCC4(C)C. The molecule has 5 aliphatic rings. The van der Waals surface area contributed by atoms with E-state index < -0.39 is 0 Å². The fourth-order valence-electron chi connectivity index (χ4n) is 14.0. The summed E-state index contributed by atoms with van der Waals surface area (Å²) in [5.74, 6) is 0. The van der Waals surface area contributed by atoms with Crippen LogP contribution in [0.1, 0.15) is 160 Å². The summed E-state index contributed by atoms with van der Waals surface area (Å²) in [7, 11) is 0. The Kier molecular flexibility index (Phi) is 8.13. The zero-order valence-electron chi connectivity index (χ0n) is 41.6. The van der Waals surface area contributed by atoms with Gasteiger partial charge in [0.15, 0.2) is 0 Å². The van der Waals surface area contributed by atoms with Crippen molar-refractivity contribution in [1.82, 2.24) is 0 Å². The van der Waals surface area contributed by atoms with Gasteiger partial charge in [-0.2, -0.15) is 0 Å². The van der Waals surface area contributed by atoms with E-state index in [0.29, 0.717) is 0 Å². The van der Waals surface area contributed by atoms with Crippen LogP contribution < -0.4 is 26.2 Å². The Balaban J connectivity index is 1.22. The molecule has 0 N–H and O–H groups in total. The van der Waals surface area contributed by atoms with E-state index in [1.807, 2.05) is 0 Å². The maximum Gasteiger partial charge on any atom is 0.252 e. The van der Waals surface area contributed by atoms with Crippen molar-refractivity contribution in [3.63, 3.8) is 0 Å². The number of furan rings is 1. The molecule has 1 aromatic heterocycles. The van der Waals surface area contributed by atoms with Crippen molar-refractivity contribution in [2.24, 2.45) is 0 Å². The first-order chi connectivity index (χ1) is 30.5. The molecule has 0 atom stereocenters. The van der Waals surface area contributed by atoms with Gasteiger partial charge in [-0.15, -0.1) is 0 Å². The highest BCUT2D eigenvalue weighted by Gasteiger charge is 2.49. The number of hydrogen-bond acceptors (Lipinski definition) is 3. The van der Waals surface area contributed by atoms with Gasteiger partial charge in [0.05, 0.1) is 0 Å². The van der Waals surface area contributed by atoms with Crippen LogP contribution in [0.3, 0.4) is 0 Å². The van der Waals surface area contributed by atoms with E-state index in [1.165, 1.54) is 121 Å². The number of aryl methyl sites for hydroxylation is 2. The molecule has 0 saturated heterocycles. The quantitative estimate of drug-likeness (QED) is 0.162. The second-order valence-corrected chi connectivity index (χ2v) is 25.2. The zero-order valence-corrected chi connectivity index (χ0v) is 41.6. The summed E-state index contributed by atoms with van der Waals surface area (Å²) in [6.07, 6.45) is 5.86. The van der Waals surface area contributed by atoms with Crippen molar-refractivity contribution in [3.05, 3.63) is 136 Å². The lowest BCUT2D eigenvalue weighted by Gasteiger charge is -2.49. The summed E-state index contributed by atoms with van der Waals surface area (Å²) in [4.78, 5) is 5.38. The third kappa shape index (κ3) is 5.67. The number of rotatable bonds is 2. The average molecular weight is 855 g/mol. The first-order valence-corrected chi connectivity index (χ1v) is 24.7. The lowest BCUT2D eigenvalue weighted by atomic mass is 9.32. The lowest BCUT2D eigenvalue weighted by Crippen LogP contribution is -2.62. The molecular formula is C61H67BN2O. The normalized spacial score (nSPS) is 20.8. The fourth-order valence-corrected chi connectivity index (χ4v) is 14.0. The Bertz CT molecular complexity index is 3240. The number of nitrogens with zero attached hydrogens (tertiary/aromatic N) is 2. The highest BCUT2D eigenvalue weighted by Crippen LogP contribution is 2.56. The number of para-hydroxylation sites is 1. The van der Waals surface area contributed by atoms with Crippen LogP contribution in [0.25, 0.3) is 21.9 Å². The topological polar surface area (TPSA) is 19.6 Å². The van der Waals surface area contributed by atoms with Crippen molar-refractivity contribution >= 4 is 79.2 Å². The molecule has 0 radical (unpaired) electrons. The van der Waals surface area contributed by atoms with Crippen molar-refractivity contribution in [2.75, 3.05) is 9.80 Å². The van der Waals surface area contributed by atoms with Gasteiger partial charge in [-0.3, -0.25) is 0 Å². The summed E-state index contributed by atoms with van der Waals surface area (Å²) >= 11 is 0. The van der Waals surface area contributed by atoms with E-state index in [1.54, 1.807) is 0 Å². The summed E-state index contributed by atoms with van der Waals surface area (Å²) in [5, 5.41) is 2.32. The van der Waals surface area contributed by atoms with Gasteiger partial charge in [0.2, 0.25) is 0 Å². The molecule has 0 amide bonds. The van der Waals surface area contributed by atoms with Crippen LogP contribution in [0.2, 0.25) is 0 Å². The van der Waals surface area contributed by atoms with Gasteiger partial charge in [-0.25, -0.2) is 0 Å². The summed E-state index contributed by atoms with van der Waals surface area (Å²) in [6, 6.07) is 36.3. The number of anilines is 6. The van der Waals surface area contributed by atoms with E-state index in [0.717, 1.165) is 28.4 Å². The first-order valence-electron chi connectivity index (χ1n) is 24.7. The molecule has 6 aromatic carbocycles. The molecule has 4 heteroatoms. The molecule has 2 aliphatic heterocycles. The highest BCUT2D eigenvalue weighted by molar-refractivity contribution is 7.00. The molecule has 7 aromatic rings. The van der Waals surface area contributed by atoms with E-state index in [2.05, 4.69) is 198 Å². The molecule has 3 aliphatic carbocycles. The van der Waals surface area contributed by atoms with Gasteiger partial charge in [-0.05, 0) is 194 Å². The molecule has 0 saturated carbocycles. The summed E-state index contributed by atoms with van der Waals surface area (Å²) < 4.78 is 6.46. The summed E-state index contributed by atoms with van der Waals surface area (Å²) in [5.41, 5.74) is 26.0. The van der Waals surface area contributed by atoms with Crippen LogP contribution in [-0.4, -0.2) is 6.71 Å². The van der Waals surface area contributed by atoms with Gasteiger partial charge in [0.25, 0.3) is 6.71 Å². The van der Waals surface area contributed by atoms with E-state index in [9.17, 15) is 0 Å². The Morgan fingerprint density at radius 2 is 0.892 bits per heavy atom. The zero-order chi connectivity index (χ0) is 45.7. The molecule has 3 heterocycles. The third-order valence-electron chi connectivity index (χ3n) is 17.7. The van der Waals surface area contributed by atoms with Gasteiger partial charge in [0, 0.05) is 44.9 Å². The smallest absolute Gasteiger partial charge is 0.252 e. The molecule has 0 unspecified atom stereocenters. The third-order valence-corrected chi connectivity index (χ3v) is 17.7. The van der Waals surface area contributed by atoms with E-state index >= 15 is 0 Å². The molecule has 0 bridgehead atoms. The molecule has 65 heavy (non-hydrogen) atoms. The number of hydrogen-bond donors (Lipinski definition) is 0. The van der Waals surface area contributed by atoms with Crippen LogP contribution in [0.15, 0.2) is 95.4 Å². The molecule has 12 rings (SSSR count). The van der Waals surface area contributed by atoms with Crippen LogP contribution in [0, 0.1) is 13.8 Å². The van der Waals surface area contributed by atoms with Crippen molar-refractivity contribution in [2.45, 2.75) is 162 Å². The van der Waals surface area contributed by atoms with Crippen LogP contribution in [0.5, 0.6) is 0 Å². The van der Waals surface area contributed by atoms with Crippen molar-refractivity contribution in [1.29, 1.82) is 0 Å². The molecular weight excluding hydrogens is 787 g/mol. The minimum absolute atomic E-state index is 0.0533. The van der Waals surface area contributed by atoms with E-state index in [4.69, 9.17) is 4.42 Å². The van der Waals surface area contributed by atoms with Gasteiger partial charge in [-0.1, -0.05) is 119 Å². The fraction of sp³-hybridized carbons (Fsp3) is 0.410. The van der Waals surface area contributed by atoms with Crippen LogP contribution in [-0.2, 0) is 32.5 Å². The van der Waals surface area contributed by atoms with Gasteiger partial charge < -0.3 is 14.2 Å². The second-order valence-electron chi connectivity index (χ2n) is 25.2. The summed E-state index contributed by atoms with van der Waals surface area (Å²) in [6.45, 7) is 34.5. The predicted molar refractivity (Wildman–Crippen MR) is 278 cm³/mol. The Morgan fingerprint density at radius 3 is 1.48 bits per heavy atom. The minimum Gasteiger partial charge on any atom is -0.456 e. The van der Waals surface area contributed by atoms with E-state index in [-0.39, 0.29) is 39.2 Å². The van der Waals surface area contributed by atoms with Crippen LogP contribution >= 0.6 is 0 Å². The number of fused-ring (bicyclic) bond motifs is 10. The van der Waals surface area contributed by atoms with Gasteiger partial charge >= 0.3 is 0 Å². The van der Waals surface area contributed by atoms with Crippen molar-refractivity contribution in [3.8, 4) is 0 Å². The average Bonchev–Trinajstić information content (AvgIpc) is 3.69. The minimum atomic E-state index is 0.0533. The maximum absolute atomic E-state index is 6.46. The molecule has 0 fully saturated rings. The predicted octanol–water partition coefficient (Wildman–Crippen LogP) is 14.9. The lowest BCUT2D eigenvalue weighted by molar-refractivity contribution is 0.332. The monoisotopic (exact) mass is 855 g/mol. The molecule has 330 valence electrons. The highest BCUT2D eigenvalue weighted by atomic mass is 16.3. The Labute approximate surface area is 388 Å². The second kappa shape index (κ2) is 12.8. The maximum atomic E-state index is 6.46. The number of benzene rings is 6. The largest absolute Gasteiger partial charge is 0.456 e. The standard InChI is InChI=1S/C61H67BN2O/c1-35-25-51-55-52(26-35)64(48-31-45-40(27-36(48)2)60(11,12)34-61(45,13)14)50-33-44-42(57(5,6)22-24-59(44,9)10)30-47(50)62(55)46-29-41-43(58(7,8)23-21-56(41,3)4)32-49(46)63(51)37-19-20-54-39(28-37)38-17-15-16-18-53(38)65-54/h15-20,25-33H,21-24,34H2,1-14H3. The Morgan fingerprint density at radius 1 is 0.431 bits per heavy atom. The Hall–Kier alpha value is -5.22. The first kappa shape index (κ1) is 41.2. The van der Waals surface area contributed by atoms with Crippen LogP contribution in [0.4, 0.5) is 34.1 Å². The van der Waals surface area contributed by atoms with Gasteiger partial charge in [0.1, 0.15) is 11.2 Å². The molecule has 0 spiro atoms. The van der Waals surface area contributed by atoms with Crippen molar-refractivity contribution < 1.29 is 4.42 Å².